The number of hydrogen-bond acceptors (Lipinski definition) is 3. The van der Waals surface area contributed by atoms with Gasteiger partial charge in [0.1, 0.15) is 4.83 Å². The molecule has 80 valence electrons. The Morgan fingerprint density at radius 1 is 1.53 bits per heavy atom. The van der Waals surface area contributed by atoms with E-state index in [-0.39, 0.29) is 5.91 Å². The molecular formula is C10H13N3OS. The van der Waals surface area contributed by atoms with E-state index in [0.717, 1.165) is 20.8 Å². The highest BCUT2D eigenvalue weighted by atomic mass is 32.1. The van der Waals surface area contributed by atoms with Gasteiger partial charge in [-0.3, -0.25) is 9.48 Å². The third-order valence-corrected chi connectivity index (χ3v) is 3.50. The van der Waals surface area contributed by atoms with Crippen LogP contribution in [0, 0.1) is 6.92 Å². The molecule has 0 radical (unpaired) electrons. The normalized spacial score (nSPS) is 10.9. The van der Waals surface area contributed by atoms with E-state index >= 15 is 0 Å². The number of nitrogens with zero attached hydrogens (tertiary/aromatic N) is 3. The Kier molecular flexibility index (Phi) is 2.26. The van der Waals surface area contributed by atoms with Crippen molar-refractivity contribution < 1.29 is 4.79 Å². The van der Waals surface area contributed by atoms with Crippen LogP contribution >= 0.6 is 11.3 Å². The topological polar surface area (TPSA) is 38.1 Å². The quantitative estimate of drug-likeness (QED) is 0.737. The number of amides is 1. The second-order valence-electron chi connectivity index (χ2n) is 3.74. The predicted octanol–water partition coefficient (Wildman–Crippen LogP) is 1.65. The Labute approximate surface area is 92.1 Å². The first-order valence-electron chi connectivity index (χ1n) is 4.65. The molecule has 0 saturated carbocycles. The average Bonchev–Trinajstić information content (AvgIpc) is 2.68. The fourth-order valence-corrected chi connectivity index (χ4v) is 2.68. The molecule has 0 atom stereocenters. The molecule has 0 unspecified atom stereocenters. The lowest BCUT2D eigenvalue weighted by Crippen LogP contribution is -2.20. The van der Waals surface area contributed by atoms with Gasteiger partial charge in [-0.05, 0) is 13.0 Å². The summed E-state index contributed by atoms with van der Waals surface area (Å²) in [5, 5.41) is 5.37. The maximum Gasteiger partial charge on any atom is 0.263 e. The first-order valence-corrected chi connectivity index (χ1v) is 5.47. The van der Waals surface area contributed by atoms with Crippen LogP contribution < -0.4 is 0 Å². The van der Waals surface area contributed by atoms with E-state index in [1.54, 1.807) is 19.0 Å². The summed E-state index contributed by atoms with van der Waals surface area (Å²) in [4.78, 5) is 15.2. The van der Waals surface area contributed by atoms with Crippen molar-refractivity contribution in [2.45, 2.75) is 6.92 Å². The van der Waals surface area contributed by atoms with Crippen LogP contribution in [-0.2, 0) is 7.05 Å². The van der Waals surface area contributed by atoms with E-state index in [2.05, 4.69) is 5.10 Å². The third-order valence-electron chi connectivity index (χ3n) is 2.31. The minimum atomic E-state index is 0.0515. The van der Waals surface area contributed by atoms with Crippen LogP contribution in [0.2, 0.25) is 0 Å². The summed E-state index contributed by atoms with van der Waals surface area (Å²) in [6.07, 6.45) is 0. The lowest BCUT2D eigenvalue weighted by molar-refractivity contribution is 0.0832. The van der Waals surface area contributed by atoms with Crippen molar-refractivity contribution in [1.82, 2.24) is 14.7 Å². The van der Waals surface area contributed by atoms with Crippen LogP contribution in [0.4, 0.5) is 0 Å². The molecule has 0 fully saturated rings. The van der Waals surface area contributed by atoms with Gasteiger partial charge in [-0.25, -0.2) is 0 Å². The van der Waals surface area contributed by atoms with Gasteiger partial charge in [0, 0.05) is 26.5 Å². The molecule has 0 saturated heterocycles. The van der Waals surface area contributed by atoms with Crippen LogP contribution in [0.5, 0.6) is 0 Å². The fourth-order valence-electron chi connectivity index (χ4n) is 1.53. The van der Waals surface area contributed by atoms with Crippen molar-refractivity contribution in [3.8, 4) is 0 Å². The number of carbonyl (C=O) groups is 1. The van der Waals surface area contributed by atoms with Crippen LogP contribution in [0.3, 0.4) is 0 Å². The number of hydrogen-bond donors (Lipinski definition) is 0. The number of aryl methyl sites for hydroxylation is 2. The molecule has 4 nitrogen and oxygen atoms in total. The van der Waals surface area contributed by atoms with Crippen molar-refractivity contribution in [1.29, 1.82) is 0 Å². The van der Waals surface area contributed by atoms with Gasteiger partial charge in [0.15, 0.2) is 0 Å². The van der Waals surface area contributed by atoms with Crippen molar-refractivity contribution >= 4 is 27.5 Å². The zero-order chi connectivity index (χ0) is 11.2. The van der Waals surface area contributed by atoms with Gasteiger partial charge < -0.3 is 4.90 Å². The number of fused-ring (bicyclic) bond motifs is 1. The van der Waals surface area contributed by atoms with E-state index in [0.29, 0.717) is 0 Å². The summed E-state index contributed by atoms with van der Waals surface area (Å²) >= 11 is 1.49. The number of thiophene rings is 1. The predicted molar refractivity (Wildman–Crippen MR) is 61.3 cm³/mol. The lowest BCUT2D eigenvalue weighted by atomic mass is 10.3. The third kappa shape index (κ3) is 1.52. The van der Waals surface area contributed by atoms with Crippen LogP contribution in [0.25, 0.3) is 10.2 Å². The monoisotopic (exact) mass is 223 g/mol. The Hall–Kier alpha value is -1.36. The van der Waals surface area contributed by atoms with E-state index < -0.39 is 0 Å². The molecule has 1 amide bonds. The zero-order valence-corrected chi connectivity index (χ0v) is 10.1. The van der Waals surface area contributed by atoms with Gasteiger partial charge in [-0.15, -0.1) is 11.3 Å². The van der Waals surface area contributed by atoms with Crippen molar-refractivity contribution in [2.75, 3.05) is 14.1 Å². The van der Waals surface area contributed by atoms with Gasteiger partial charge in [0.05, 0.1) is 10.6 Å². The molecule has 0 aliphatic heterocycles. The Balaban J connectivity index is 2.57. The summed E-state index contributed by atoms with van der Waals surface area (Å²) in [5.74, 6) is 0.0515. The van der Waals surface area contributed by atoms with Gasteiger partial charge in [0.25, 0.3) is 5.91 Å². The highest BCUT2D eigenvalue weighted by molar-refractivity contribution is 7.20. The van der Waals surface area contributed by atoms with Crippen molar-refractivity contribution in [3.63, 3.8) is 0 Å². The van der Waals surface area contributed by atoms with Gasteiger partial charge >= 0.3 is 0 Å². The summed E-state index contributed by atoms with van der Waals surface area (Å²) in [7, 11) is 5.42. The molecule has 0 aliphatic rings. The number of aromatic nitrogens is 2. The summed E-state index contributed by atoms with van der Waals surface area (Å²) in [6.45, 7) is 1.96. The van der Waals surface area contributed by atoms with Crippen LogP contribution in [-0.4, -0.2) is 34.7 Å². The van der Waals surface area contributed by atoms with Crippen molar-refractivity contribution in [2.24, 2.45) is 7.05 Å². The van der Waals surface area contributed by atoms with Crippen molar-refractivity contribution in [3.05, 3.63) is 16.6 Å². The number of carbonyl (C=O) groups excluding carboxylic acids is 1. The van der Waals surface area contributed by atoms with Gasteiger partial charge in [0.2, 0.25) is 0 Å². The largest absolute Gasteiger partial charge is 0.344 e. The van der Waals surface area contributed by atoms with E-state index in [4.69, 9.17) is 0 Å². The Morgan fingerprint density at radius 2 is 2.20 bits per heavy atom. The Morgan fingerprint density at radius 3 is 2.73 bits per heavy atom. The molecule has 0 aromatic carbocycles. The SMILES string of the molecule is Cc1nn(C)c2sc(C(=O)N(C)C)cc12. The molecular weight excluding hydrogens is 210 g/mol. The minimum absolute atomic E-state index is 0.0515. The molecule has 2 heterocycles. The maximum atomic E-state index is 11.7. The molecule has 0 spiro atoms. The van der Waals surface area contributed by atoms with Gasteiger partial charge in [-0.1, -0.05) is 0 Å². The number of rotatable bonds is 1. The molecule has 2 rings (SSSR count). The highest BCUT2D eigenvalue weighted by Crippen LogP contribution is 2.27. The molecule has 2 aromatic rings. The van der Waals surface area contributed by atoms with Gasteiger partial charge in [-0.2, -0.15) is 5.10 Å². The zero-order valence-electron chi connectivity index (χ0n) is 9.24. The second kappa shape index (κ2) is 3.34. The van der Waals surface area contributed by atoms with E-state index in [1.807, 2.05) is 24.7 Å². The minimum Gasteiger partial charge on any atom is -0.344 e. The van der Waals surface area contributed by atoms with Crippen LogP contribution in [0.1, 0.15) is 15.4 Å². The maximum absolute atomic E-state index is 11.7. The van der Waals surface area contributed by atoms with Crippen LogP contribution in [0.15, 0.2) is 6.07 Å². The summed E-state index contributed by atoms with van der Waals surface area (Å²) in [5.41, 5.74) is 0.974. The average molecular weight is 223 g/mol. The molecule has 15 heavy (non-hydrogen) atoms. The molecule has 5 heteroatoms. The molecule has 2 aromatic heterocycles. The Bertz CT molecular complexity index is 489. The first kappa shape index (κ1) is 10.2. The molecule has 0 N–H and O–H groups in total. The van der Waals surface area contributed by atoms with E-state index in [1.165, 1.54) is 11.3 Å². The van der Waals surface area contributed by atoms with E-state index in [9.17, 15) is 4.79 Å². The molecule has 0 bridgehead atoms. The highest BCUT2D eigenvalue weighted by Gasteiger charge is 2.15. The summed E-state index contributed by atoms with van der Waals surface area (Å²) < 4.78 is 1.82. The summed E-state index contributed by atoms with van der Waals surface area (Å²) in [6, 6.07) is 1.92. The standard InChI is InChI=1S/C10H13N3OS/c1-6-7-5-8(9(14)12(2)3)15-10(7)13(4)11-6/h5H,1-4H3. The lowest BCUT2D eigenvalue weighted by Gasteiger charge is -2.07. The molecule has 0 aliphatic carbocycles. The smallest absolute Gasteiger partial charge is 0.263 e. The first-order chi connectivity index (χ1) is 7.00. The fraction of sp³-hybridized carbons (Fsp3) is 0.400. The second-order valence-corrected chi connectivity index (χ2v) is 4.77.